The van der Waals surface area contributed by atoms with Crippen LogP contribution < -0.4 is 11.3 Å². The van der Waals surface area contributed by atoms with Crippen LogP contribution in [0.5, 0.6) is 0 Å². The second kappa shape index (κ2) is 3.69. The Morgan fingerprint density at radius 3 is 2.87 bits per heavy atom. The molecule has 1 amide bonds. The van der Waals surface area contributed by atoms with Gasteiger partial charge in [0.1, 0.15) is 5.69 Å². The minimum atomic E-state index is -0.481. The number of fused-ring (bicyclic) bond motifs is 1. The quantitative estimate of drug-likeness (QED) is 0.451. The highest BCUT2D eigenvalue weighted by atomic mass is 35.5. The number of aromatic nitrogens is 2. The average Bonchev–Trinajstić information content (AvgIpc) is 2.60. The molecule has 0 saturated carbocycles. The van der Waals surface area contributed by atoms with E-state index in [1.165, 1.54) is 6.20 Å². The molecule has 0 aliphatic rings. The van der Waals surface area contributed by atoms with Crippen molar-refractivity contribution in [3.05, 3.63) is 34.2 Å². The summed E-state index contributed by atoms with van der Waals surface area (Å²) in [6.07, 6.45) is 3.10. The molecular weight excluding hydrogens is 239 g/mol. The number of pyridine rings is 1. The fourth-order valence-electron chi connectivity index (χ4n) is 1.21. The fraction of sp³-hybridized carbons (Fsp3) is 0. The first-order valence-corrected chi connectivity index (χ1v) is 4.72. The van der Waals surface area contributed by atoms with Crippen molar-refractivity contribution in [3.8, 4) is 0 Å². The standard InChI is InChI=1S/C8H6Cl2N4O/c9-4-1-5(10)7-12-6(8(15)13-11)3-14(7)2-4/h1-3H,11H2,(H,13,15). The minimum absolute atomic E-state index is 0.182. The topological polar surface area (TPSA) is 72.4 Å². The SMILES string of the molecule is NNC(=O)c1cn2cc(Cl)cc(Cl)c2n1. The lowest BCUT2D eigenvalue weighted by molar-refractivity contribution is 0.0949. The fourth-order valence-corrected chi connectivity index (χ4v) is 1.74. The van der Waals surface area contributed by atoms with Crippen LogP contribution in [0.1, 0.15) is 10.5 Å². The maximum Gasteiger partial charge on any atom is 0.285 e. The largest absolute Gasteiger partial charge is 0.304 e. The Morgan fingerprint density at radius 2 is 2.20 bits per heavy atom. The molecule has 7 heteroatoms. The zero-order valence-electron chi connectivity index (χ0n) is 7.37. The Bertz CT molecular complexity index is 537. The van der Waals surface area contributed by atoms with Gasteiger partial charge < -0.3 is 4.40 Å². The second-order valence-corrected chi connectivity index (χ2v) is 3.68. The van der Waals surface area contributed by atoms with E-state index in [9.17, 15) is 4.79 Å². The highest BCUT2D eigenvalue weighted by Gasteiger charge is 2.11. The molecule has 0 unspecified atom stereocenters. The van der Waals surface area contributed by atoms with Gasteiger partial charge in [-0.05, 0) is 6.07 Å². The molecule has 2 rings (SSSR count). The van der Waals surface area contributed by atoms with Crippen molar-refractivity contribution in [1.29, 1.82) is 0 Å². The number of imidazole rings is 1. The maximum atomic E-state index is 11.2. The van der Waals surface area contributed by atoms with Gasteiger partial charge in [-0.1, -0.05) is 23.2 Å². The van der Waals surface area contributed by atoms with Crippen molar-refractivity contribution in [1.82, 2.24) is 14.8 Å². The van der Waals surface area contributed by atoms with Gasteiger partial charge in [0, 0.05) is 12.4 Å². The molecule has 0 saturated heterocycles. The molecule has 0 spiro atoms. The Hall–Kier alpha value is -1.30. The van der Waals surface area contributed by atoms with Gasteiger partial charge in [-0.2, -0.15) is 0 Å². The van der Waals surface area contributed by atoms with E-state index >= 15 is 0 Å². The minimum Gasteiger partial charge on any atom is -0.304 e. The van der Waals surface area contributed by atoms with E-state index in [4.69, 9.17) is 29.0 Å². The lowest BCUT2D eigenvalue weighted by atomic mass is 10.5. The van der Waals surface area contributed by atoms with Crippen molar-refractivity contribution in [2.45, 2.75) is 0 Å². The number of hydrazine groups is 1. The Balaban J connectivity index is 2.65. The summed E-state index contributed by atoms with van der Waals surface area (Å²) in [7, 11) is 0. The van der Waals surface area contributed by atoms with Gasteiger partial charge in [0.05, 0.1) is 10.0 Å². The van der Waals surface area contributed by atoms with Gasteiger partial charge >= 0.3 is 0 Å². The van der Waals surface area contributed by atoms with Gasteiger partial charge in [0.25, 0.3) is 5.91 Å². The number of hydrogen-bond donors (Lipinski definition) is 2. The summed E-state index contributed by atoms with van der Waals surface area (Å²) in [4.78, 5) is 15.2. The molecule has 2 aromatic heterocycles. The van der Waals surface area contributed by atoms with Crippen LogP contribution >= 0.6 is 23.2 Å². The number of nitrogen functional groups attached to an aromatic ring is 1. The number of nitrogens with one attached hydrogen (secondary N) is 1. The Kier molecular flexibility index (Phi) is 2.52. The number of hydrogen-bond acceptors (Lipinski definition) is 3. The normalized spacial score (nSPS) is 10.6. The molecule has 0 fully saturated rings. The molecule has 5 nitrogen and oxygen atoms in total. The molecule has 0 atom stereocenters. The molecule has 0 radical (unpaired) electrons. The van der Waals surface area contributed by atoms with Crippen LogP contribution in [0.4, 0.5) is 0 Å². The van der Waals surface area contributed by atoms with Crippen molar-refractivity contribution >= 4 is 34.8 Å². The molecule has 15 heavy (non-hydrogen) atoms. The van der Waals surface area contributed by atoms with Crippen molar-refractivity contribution in [2.24, 2.45) is 5.84 Å². The number of amides is 1. The lowest BCUT2D eigenvalue weighted by Gasteiger charge is -1.95. The van der Waals surface area contributed by atoms with Crippen molar-refractivity contribution < 1.29 is 4.79 Å². The van der Waals surface area contributed by atoms with E-state index in [1.807, 2.05) is 5.43 Å². The highest BCUT2D eigenvalue weighted by Crippen LogP contribution is 2.21. The van der Waals surface area contributed by atoms with Gasteiger partial charge in [0.15, 0.2) is 5.65 Å². The van der Waals surface area contributed by atoms with E-state index in [-0.39, 0.29) is 5.69 Å². The number of carbonyl (C=O) groups excluding carboxylic acids is 1. The predicted octanol–water partition coefficient (Wildman–Crippen LogP) is 1.24. The van der Waals surface area contributed by atoms with E-state index < -0.39 is 5.91 Å². The van der Waals surface area contributed by atoms with Crippen LogP contribution in [-0.2, 0) is 0 Å². The molecule has 0 aliphatic carbocycles. The third-order valence-corrected chi connectivity index (χ3v) is 2.32. The lowest BCUT2D eigenvalue weighted by Crippen LogP contribution is -2.30. The third-order valence-electron chi connectivity index (χ3n) is 1.84. The Morgan fingerprint density at radius 1 is 1.47 bits per heavy atom. The second-order valence-electron chi connectivity index (χ2n) is 2.84. The van der Waals surface area contributed by atoms with E-state index in [0.29, 0.717) is 15.7 Å². The monoisotopic (exact) mass is 244 g/mol. The van der Waals surface area contributed by atoms with Crippen LogP contribution in [-0.4, -0.2) is 15.3 Å². The first-order chi connectivity index (χ1) is 7.11. The summed E-state index contributed by atoms with van der Waals surface area (Å²) in [5.41, 5.74) is 2.63. The van der Waals surface area contributed by atoms with Gasteiger partial charge in [-0.3, -0.25) is 10.2 Å². The summed E-state index contributed by atoms with van der Waals surface area (Å²) in [6, 6.07) is 1.55. The molecule has 2 heterocycles. The summed E-state index contributed by atoms with van der Waals surface area (Å²) >= 11 is 11.7. The zero-order chi connectivity index (χ0) is 11.0. The summed E-state index contributed by atoms with van der Waals surface area (Å²) in [6.45, 7) is 0. The maximum absolute atomic E-state index is 11.2. The van der Waals surface area contributed by atoms with Gasteiger partial charge in [-0.25, -0.2) is 10.8 Å². The van der Waals surface area contributed by atoms with Gasteiger partial charge in [0.2, 0.25) is 0 Å². The molecule has 3 N–H and O–H groups in total. The van der Waals surface area contributed by atoms with Gasteiger partial charge in [-0.15, -0.1) is 0 Å². The third kappa shape index (κ3) is 1.77. The van der Waals surface area contributed by atoms with Crippen LogP contribution in [0.2, 0.25) is 10.0 Å². The first kappa shape index (κ1) is 10.2. The number of nitrogens with zero attached hydrogens (tertiary/aromatic N) is 2. The predicted molar refractivity (Wildman–Crippen MR) is 56.9 cm³/mol. The van der Waals surface area contributed by atoms with Crippen LogP contribution in [0.15, 0.2) is 18.5 Å². The highest BCUT2D eigenvalue weighted by molar-refractivity contribution is 6.36. The zero-order valence-corrected chi connectivity index (χ0v) is 8.88. The number of halogens is 2. The van der Waals surface area contributed by atoms with Crippen molar-refractivity contribution in [3.63, 3.8) is 0 Å². The van der Waals surface area contributed by atoms with Crippen LogP contribution in [0, 0.1) is 0 Å². The summed E-state index contributed by atoms with van der Waals surface area (Å²) in [5, 5.41) is 0.836. The Labute approximate surface area is 94.8 Å². The van der Waals surface area contributed by atoms with E-state index in [2.05, 4.69) is 4.98 Å². The molecule has 78 valence electrons. The number of rotatable bonds is 1. The van der Waals surface area contributed by atoms with E-state index in [1.54, 1.807) is 16.7 Å². The average molecular weight is 245 g/mol. The van der Waals surface area contributed by atoms with Crippen LogP contribution in [0.25, 0.3) is 5.65 Å². The smallest absolute Gasteiger partial charge is 0.285 e. The van der Waals surface area contributed by atoms with E-state index in [0.717, 1.165) is 0 Å². The summed E-state index contributed by atoms with van der Waals surface area (Å²) in [5.74, 6) is 4.51. The molecule has 2 aromatic rings. The molecule has 0 aromatic carbocycles. The molecule has 0 bridgehead atoms. The van der Waals surface area contributed by atoms with Crippen molar-refractivity contribution in [2.75, 3.05) is 0 Å². The van der Waals surface area contributed by atoms with Crippen LogP contribution in [0.3, 0.4) is 0 Å². The molecular formula is C8H6Cl2N4O. The number of carbonyl (C=O) groups is 1. The first-order valence-electron chi connectivity index (χ1n) is 3.96. The summed E-state index contributed by atoms with van der Waals surface area (Å²) < 4.78 is 1.56. The number of nitrogens with two attached hydrogens (primary N) is 1. The molecule has 0 aliphatic heterocycles.